The molecule has 2 rings (SSSR count). The second-order valence-corrected chi connectivity index (χ2v) is 5.56. The first-order chi connectivity index (χ1) is 7.66. The highest BCUT2D eigenvalue weighted by Gasteiger charge is 2.26. The number of urea groups is 1. The predicted molar refractivity (Wildman–Crippen MR) is 66.6 cm³/mol. The summed E-state index contributed by atoms with van der Waals surface area (Å²) < 4.78 is 0. The summed E-state index contributed by atoms with van der Waals surface area (Å²) in [7, 11) is 0. The van der Waals surface area contributed by atoms with Crippen molar-refractivity contribution in [2.24, 2.45) is 0 Å². The molecule has 0 aromatic carbocycles. The summed E-state index contributed by atoms with van der Waals surface area (Å²) in [6.07, 6.45) is 2.27. The zero-order chi connectivity index (χ0) is 11.5. The number of rotatable bonds is 4. The quantitative estimate of drug-likeness (QED) is 0.859. The van der Waals surface area contributed by atoms with Crippen molar-refractivity contribution in [3.05, 3.63) is 22.4 Å². The zero-order valence-corrected chi connectivity index (χ0v) is 10.6. The molecule has 2 amide bonds. The summed E-state index contributed by atoms with van der Waals surface area (Å²) in [5.74, 6) is 0. The van der Waals surface area contributed by atoms with Crippen LogP contribution in [0.1, 0.15) is 31.6 Å². The maximum absolute atomic E-state index is 12.0. The Hall–Kier alpha value is -1.03. The summed E-state index contributed by atoms with van der Waals surface area (Å²) in [6, 6.07) is 4.84. The summed E-state index contributed by atoms with van der Waals surface area (Å²) in [5.41, 5.74) is 0. The molecule has 1 aromatic rings. The molecule has 1 aliphatic carbocycles. The van der Waals surface area contributed by atoms with E-state index in [2.05, 4.69) is 25.2 Å². The molecule has 0 atom stereocenters. The van der Waals surface area contributed by atoms with Crippen molar-refractivity contribution in [1.82, 2.24) is 10.2 Å². The van der Waals surface area contributed by atoms with Crippen molar-refractivity contribution < 1.29 is 4.79 Å². The van der Waals surface area contributed by atoms with E-state index in [9.17, 15) is 4.79 Å². The van der Waals surface area contributed by atoms with Crippen LogP contribution in [0.3, 0.4) is 0 Å². The van der Waals surface area contributed by atoms with Crippen LogP contribution in [0.2, 0.25) is 0 Å². The monoisotopic (exact) mass is 238 g/mol. The third-order valence-electron chi connectivity index (χ3n) is 2.70. The van der Waals surface area contributed by atoms with Gasteiger partial charge in [0.15, 0.2) is 0 Å². The van der Waals surface area contributed by atoms with Gasteiger partial charge in [0.25, 0.3) is 0 Å². The molecule has 0 radical (unpaired) electrons. The maximum atomic E-state index is 12.0. The average molecular weight is 238 g/mol. The summed E-state index contributed by atoms with van der Waals surface area (Å²) in [6.45, 7) is 4.83. The molecule has 88 valence electrons. The minimum Gasteiger partial charge on any atom is -0.335 e. The number of nitrogens with zero attached hydrogens (tertiary/aromatic N) is 1. The van der Waals surface area contributed by atoms with E-state index in [1.807, 2.05) is 16.3 Å². The van der Waals surface area contributed by atoms with Gasteiger partial charge in [0.1, 0.15) is 0 Å². The van der Waals surface area contributed by atoms with Crippen LogP contribution in [-0.4, -0.2) is 23.0 Å². The van der Waals surface area contributed by atoms with Crippen LogP contribution >= 0.6 is 11.3 Å². The lowest BCUT2D eigenvalue weighted by atomic mass is 10.3. The standard InChI is InChI=1S/C12H18N2OS/c1-9(2)14(8-11-4-3-7-16-11)12(15)13-10-5-6-10/h3-4,7,9-10H,5-6,8H2,1-2H3,(H,13,15). The first-order valence-electron chi connectivity index (χ1n) is 5.76. The highest BCUT2D eigenvalue weighted by atomic mass is 32.1. The molecular weight excluding hydrogens is 220 g/mol. The number of carbonyl (C=O) groups is 1. The van der Waals surface area contributed by atoms with E-state index < -0.39 is 0 Å². The van der Waals surface area contributed by atoms with Gasteiger partial charge in [-0.3, -0.25) is 0 Å². The first kappa shape index (κ1) is 11.5. The number of amides is 2. The normalized spacial score (nSPS) is 15.2. The van der Waals surface area contributed by atoms with Gasteiger partial charge in [-0.2, -0.15) is 0 Å². The molecule has 1 aliphatic rings. The molecule has 1 aromatic heterocycles. The molecule has 1 N–H and O–H groups in total. The molecule has 0 spiro atoms. The molecule has 0 saturated heterocycles. The van der Waals surface area contributed by atoms with Crippen molar-refractivity contribution in [3.8, 4) is 0 Å². The van der Waals surface area contributed by atoms with Crippen LogP contribution in [-0.2, 0) is 6.54 Å². The second kappa shape index (κ2) is 4.87. The van der Waals surface area contributed by atoms with Crippen molar-refractivity contribution in [2.45, 2.75) is 45.3 Å². The van der Waals surface area contributed by atoms with Gasteiger partial charge in [-0.15, -0.1) is 11.3 Å². The van der Waals surface area contributed by atoms with Crippen LogP contribution in [0.4, 0.5) is 4.79 Å². The van der Waals surface area contributed by atoms with E-state index in [0.29, 0.717) is 12.6 Å². The fourth-order valence-electron chi connectivity index (χ4n) is 1.54. The van der Waals surface area contributed by atoms with Crippen LogP contribution in [0.5, 0.6) is 0 Å². The molecule has 0 unspecified atom stereocenters. The lowest BCUT2D eigenvalue weighted by Crippen LogP contribution is -2.44. The molecule has 0 bridgehead atoms. The molecule has 3 nitrogen and oxygen atoms in total. The van der Waals surface area contributed by atoms with E-state index >= 15 is 0 Å². The summed E-state index contributed by atoms with van der Waals surface area (Å²) >= 11 is 1.70. The predicted octanol–water partition coefficient (Wildman–Crippen LogP) is 2.83. The third-order valence-corrected chi connectivity index (χ3v) is 3.56. The van der Waals surface area contributed by atoms with Gasteiger partial charge in [0.2, 0.25) is 0 Å². The number of hydrogen-bond acceptors (Lipinski definition) is 2. The molecule has 1 fully saturated rings. The highest BCUT2D eigenvalue weighted by molar-refractivity contribution is 7.09. The number of hydrogen-bond donors (Lipinski definition) is 1. The Balaban J connectivity index is 1.95. The van der Waals surface area contributed by atoms with Crippen LogP contribution in [0.25, 0.3) is 0 Å². The molecule has 0 aliphatic heterocycles. The van der Waals surface area contributed by atoms with Crippen molar-refractivity contribution in [2.75, 3.05) is 0 Å². The highest BCUT2D eigenvalue weighted by Crippen LogP contribution is 2.20. The number of carbonyl (C=O) groups excluding carboxylic acids is 1. The SMILES string of the molecule is CC(C)N(Cc1cccs1)C(=O)NC1CC1. The Kier molecular flexibility index (Phi) is 3.49. The minimum atomic E-state index is 0.0749. The van der Waals surface area contributed by atoms with Crippen molar-refractivity contribution in [1.29, 1.82) is 0 Å². The van der Waals surface area contributed by atoms with E-state index in [1.54, 1.807) is 11.3 Å². The second-order valence-electron chi connectivity index (χ2n) is 4.52. The van der Waals surface area contributed by atoms with E-state index in [-0.39, 0.29) is 12.1 Å². The van der Waals surface area contributed by atoms with Gasteiger partial charge in [0, 0.05) is 17.0 Å². The van der Waals surface area contributed by atoms with Gasteiger partial charge >= 0.3 is 6.03 Å². The minimum absolute atomic E-state index is 0.0749. The number of thiophene rings is 1. The van der Waals surface area contributed by atoms with E-state index in [1.165, 1.54) is 4.88 Å². The Morgan fingerprint density at radius 2 is 2.38 bits per heavy atom. The topological polar surface area (TPSA) is 32.3 Å². The Labute approximate surface area is 100 Å². The Morgan fingerprint density at radius 3 is 2.88 bits per heavy atom. The van der Waals surface area contributed by atoms with E-state index in [4.69, 9.17) is 0 Å². The molecule has 1 heterocycles. The van der Waals surface area contributed by atoms with Crippen molar-refractivity contribution >= 4 is 17.4 Å². The van der Waals surface area contributed by atoms with Crippen LogP contribution < -0.4 is 5.32 Å². The smallest absolute Gasteiger partial charge is 0.318 e. The third kappa shape index (κ3) is 2.98. The maximum Gasteiger partial charge on any atom is 0.318 e. The van der Waals surface area contributed by atoms with Gasteiger partial charge in [-0.1, -0.05) is 6.07 Å². The molecule has 16 heavy (non-hydrogen) atoms. The van der Waals surface area contributed by atoms with Crippen molar-refractivity contribution in [3.63, 3.8) is 0 Å². The largest absolute Gasteiger partial charge is 0.335 e. The average Bonchev–Trinajstić information content (AvgIpc) is 2.89. The summed E-state index contributed by atoms with van der Waals surface area (Å²) in [5, 5.41) is 5.09. The van der Waals surface area contributed by atoms with Gasteiger partial charge < -0.3 is 10.2 Å². The zero-order valence-electron chi connectivity index (χ0n) is 9.77. The molecule has 1 saturated carbocycles. The van der Waals surface area contributed by atoms with Gasteiger partial charge in [0.05, 0.1) is 6.54 Å². The first-order valence-corrected chi connectivity index (χ1v) is 6.64. The fraction of sp³-hybridized carbons (Fsp3) is 0.583. The Bertz CT molecular complexity index is 344. The summed E-state index contributed by atoms with van der Waals surface area (Å²) in [4.78, 5) is 15.1. The lowest BCUT2D eigenvalue weighted by molar-refractivity contribution is 0.180. The Morgan fingerprint density at radius 1 is 1.62 bits per heavy atom. The van der Waals surface area contributed by atoms with Crippen LogP contribution in [0.15, 0.2) is 17.5 Å². The number of nitrogens with one attached hydrogen (secondary N) is 1. The van der Waals surface area contributed by atoms with E-state index in [0.717, 1.165) is 12.8 Å². The lowest BCUT2D eigenvalue weighted by Gasteiger charge is -2.26. The van der Waals surface area contributed by atoms with Gasteiger partial charge in [-0.25, -0.2) is 4.79 Å². The van der Waals surface area contributed by atoms with Gasteiger partial charge in [-0.05, 0) is 38.1 Å². The fourth-order valence-corrected chi connectivity index (χ4v) is 2.25. The van der Waals surface area contributed by atoms with Crippen LogP contribution in [0, 0.1) is 0 Å². The molecule has 4 heteroatoms. The molecular formula is C12H18N2OS.